The van der Waals surface area contributed by atoms with Crippen LogP contribution in [0.1, 0.15) is 21.6 Å². The summed E-state index contributed by atoms with van der Waals surface area (Å²) in [6.07, 6.45) is 1.65. The van der Waals surface area contributed by atoms with Crippen molar-refractivity contribution in [3.8, 4) is 11.3 Å². The van der Waals surface area contributed by atoms with Crippen molar-refractivity contribution in [1.29, 1.82) is 0 Å². The number of pyridine rings is 1. The van der Waals surface area contributed by atoms with Gasteiger partial charge in [0.25, 0.3) is 0 Å². The van der Waals surface area contributed by atoms with Gasteiger partial charge in [0.05, 0.1) is 23.4 Å². The van der Waals surface area contributed by atoms with E-state index < -0.39 is 35.3 Å². The predicted octanol–water partition coefficient (Wildman–Crippen LogP) is 2.78. The fraction of sp³-hybridized carbons (Fsp3) is 0.125. The Kier molecular flexibility index (Phi) is 3.57. The van der Waals surface area contributed by atoms with E-state index >= 15 is 0 Å². The number of aliphatic hydroxyl groups excluding tert-OH is 1. The molecule has 0 aliphatic carbocycles. The number of hydrogen-bond donors (Lipinski definition) is 2. The Labute approximate surface area is 129 Å². The lowest BCUT2D eigenvalue weighted by Crippen LogP contribution is -2.02. The zero-order valence-corrected chi connectivity index (χ0v) is 12.0. The molecule has 0 aliphatic heterocycles. The minimum atomic E-state index is -1.43. The first kappa shape index (κ1) is 15.1. The highest BCUT2D eigenvalue weighted by molar-refractivity contribution is 5.88. The number of rotatable bonds is 3. The Bertz CT molecular complexity index is 911. The van der Waals surface area contributed by atoms with Crippen molar-refractivity contribution in [1.82, 2.24) is 9.38 Å². The zero-order valence-electron chi connectivity index (χ0n) is 12.0. The third-order valence-corrected chi connectivity index (χ3v) is 3.56. The maximum atomic E-state index is 14.2. The molecule has 0 unspecified atom stereocenters. The van der Waals surface area contributed by atoms with Crippen molar-refractivity contribution in [3.63, 3.8) is 0 Å². The van der Waals surface area contributed by atoms with Crippen molar-refractivity contribution in [2.75, 3.05) is 0 Å². The van der Waals surface area contributed by atoms with Gasteiger partial charge < -0.3 is 14.6 Å². The summed E-state index contributed by atoms with van der Waals surface area (Å²) < 4.78 is 30.0. The van der Waals surface area contributed by atoms with Crippen LogP contribution >= 0.6 is 0 Å². The standard InChI is InChI=1S/C16H12F2N2O3/c1-8-2-3-20-12(7-21)15(19-13(20)4-8)14-10(17)5-9(16(22)23)6-11(14)18/h2-6,21H,7H2,1H3,(H,22,23). The SMILES string of the molecule is Cc1ccn2c(CO)c(-c3c(F)cc(C(=O)O)cc3F)nc2c1. The second-order valence-electron chi connectivity index (χ2n) is 5.12. The highest BCUT2D eigenvalue weighted by atomic mass is 19.1. The van der Waals surface area contributed by atoms with Crippen LogP contribution in [0.15, 0.2) is 30.5 Å². The van der Waals surface area contributed by atoms with E-state index in [4.69, 9.17) is 5.11 Å². The molecule has 2 aromatic heterocycles. The Morgan fingerprint density at radius 2 is 1.91 bits per heavy atom. The van der Waals surface area contributed by atoms with Crippen LogP contribution in [0.2, 0.25) is 0 Å². The Morgan fingerprint density at radius 3 is 2.48 bits per heavy atom. The molecular weight excluding hydrogens is 306 g/mol. The van der Waals surface area contributed by atoms with Crippen molar-refractivity contribution in [3.05, 3.63) is 58.9 Å². The van der Waals surface area contributed by atoms with Crippen LogP contribution in [0.3, 0.4) is 0 Å². The fourth-order valence-electron chi connectivity index (χ4n) is 2.47. The first-order valence-electron chi connectivity index (χ1n) is 6.73. The zero-order chi connectivity index (χ0) is 16.7. The average Bonchev–Trinajstić information content (AvgIpc) is 2.83. The molecule has 1 aromatic carbocycles. The van der Waals surface area contributed by atoms with E-state index in [2.05, 4.69) is 4.98 Å². The number of benzene rings is 1. The third-order valence-electron chi connectivity index (χ3n) is 3.56. The van der Waals surface area contributed by atoms with Gasteiger partial charge in [-0.25, -0.2) is 18.6 Å². The van der Waals surface area contributed by atoms with Crippen molar-refractivity contribution >= 4 is 11.6 Å². The van der Waals surface area contributed by atoms with Crippen LogP contribution in [-0.2, 0) is 6.61 Å². The van der Waals surface area contributed by atoms with Crippen LogP contribution in [0, 0.1) is 18.6 Å². The summed E-state index contributed by atoms with van der Waals surface area (Å²) in [6, 6.07) is 4.95. The minimum absolute atomic E-state index is 0.0509. The monoisotopic (exact) mass is 318 g/mol. The van der Waals surface area contributed by atoms with Crippen LogP contribution in [0.4, 0.5) is 8.78 Å². The molecule has 3 rings (SSSR count). The molecule has 2 heterocycles. The topological polar surface area (TPSA) is 74.8 Å². The first-order chi connectivity index (χ1) is 10.9. The lowest BCUT2D eigenvalue weighted by Gasteiger charge is -2.06. The number of fused-ring (bicyclic) bond motifs is 1. The molecule has 0 saturated heterocycles. The predicted molar refractivity (Wildman–Crippen MR) is 78.2 cm³/mol. The number of halogens is 2. The average molecular weight is 318 g/mol. The summed E-state index contributed by atoms with van der Waals surface area (Å²) in [5.41, 5.74) is 0.561. The number of carbonyl (C=O) groups is 1. The molecule has 2 N–H and O–H groups in total. The van der Waals surface area contributed by atoms with Gasteiger partial charge in [-0.3, -0.25) is 0 Å². The van der Waals surface area contributed by atoms with Gasteiger partial charge in [-0.2, -0.15) is 0 Å². The summed E-state index contributed by atoms with van der Waals surface area (Å²) >= 11 is 0. The normalized spacial score (nSPS) is 11.1. The molecule has 0 atom stereocenters. The van der Waals surface area contributed by atoms with E-state index in [0.29, 0.717) is 5.65 Å². The van der Waals surface area contributed by atoms with Crippen molar-refractivity contribution in [2.45, 2.75) is 13.5 Å². The fourth-order valence-corrected chi connectivity index (χ4v) is 2.47. The van der Waals surface area contributed by atoms with E-state index in [1.807, 2.05) is 6.92 Å². The number of carboxylic acid groups (broad SMARTS) is 1. The molecule has 0 amide bonds. The van der Waals surface area contributed by atoms with E-state index in [0.717, 1.165) is 17.7 Å². The number of carboxylic acids is 1. The summed E-state index contributed by atoms with van der Waals surface area (Å²) in [5, 5.41) is 18.4. The van der Waals surface area contributed by atoms with Crippen LogP contribution in [0.25, 0.3) is 16.9 Å². The number of imidazole rings is 1. The van der Waals surface area contributed by atoms with Gasteiger partial charge in [-0.1, -0.05) is 0 Å². The number of aliphatic hydroxyl groups is 1. The van der Waals surface area contributed by atoms with E-state index in [-0.39, 0.29) is 11.4 Å². The third kappa shape index (κ3) is 2.44. The maximum absolute atomic E-state index is 14.2. The molecule has 7 heteroatoms. The second kappa shape index (κ2) is 5.44. The molecule has 118 valence electrons. The minimum Gasteiger partial charge on any atom is -0.478 e. The van der Waals surface area contributed by atoms with Gasteiger partial charge in [-0.15, -0.1) is 0 Å². The van der Waals surface area contributed by atoms with Gasteiger partial charge in [0.1, 0.15) is 23.0 Å². The summed E-state index contributed by atoms with van der Waals surface area (Å²) in [4.78, 5) is 15.0. The number of nitrogens with zero attached hydrogens (tertiary/aromatic N) is 2. The van der Waals surface area contributed by atoms with Crippen molar-refractivity contribution in [2.24, 2.45) is 0 Å². The second-order valence-corrected chi connectivity index (χ2v) is 5.12. The smallest absolute Gasteiger partial charge is 0.335 e. The molecule has 0 aliphatic rings. The lowest BCUT2D eigenvalue weighted by atomic mass is 10.1. The number of aromatic nitrogens is 2. The van der Waals surface area contributed by atoms with E-state index in [1.54, 1.807) is 18.3 Å². The van der Waals surface area contributed by atoms with E-state index in [9.17, 15) is 18.7 Å². The van der Waals surface area contributed by atoms with Crippen LogP contribution in [0.5, 0.6) is 0 Å². The highest BCUT2D eigenvalue weighted by Crippen LogP contribution is 2.30. The number of aromatic carboxylic acids is 1. The summed E-state index contributed by atoms with van der Waals surface area (Å²) in [7, 11) is 0. The Balaban J connectivity index is 2.30. The van der Waals surface area contributed by atoms with Gasteiger partial charge in [-0.05, 0) is 36.8 Å². The molecule has 5 nitrogen and oxygen atoms in total. The molecule has 0 spiro atoms. The largest absolute Gasteiger partial charge is 0.478 e. The highest BCUT2D eigenvalue weighted by Gasteiger charge is 2.22. The lowest BCUT2D eigenvalue weighted by molar-refractivity contribution is 0.0695. The molecular formula is C16H12F2N2O3. The molecule has 23 heavy (non-hydrogen) atoms. The molecule has 0 saturated carbocycles. The Morgan fingerprint density at radius 1 is 1.26 bits per heavy atom. The van der Waals surface area contributed by atoms with Crippen molar-refractivity contribution < 1.29 is 23.8 Å². The maximum Gasteiger partial charge on any atom is 0.335 e. The number of aryl methyl sites for hydroxylation is 1. The Hall–Kier alpha value is -2.80. The van der Waals surface area contributed by atoms with Gasteiger partial charge in [0.2, 0.25) is 0 Å². The summed E-state index contributed by atoms with van der Waals surface area (Å²) in [5.74, 6) is -3.52. The first-order valence-corrected chi connectivity index (χ1v) is 6.73. The molecule has 0 fully saturated rings. The van der Waals surface area contributed by atoms with Crippen LogP contribution in [-0.4, -0.2) is 25.6 Å². The van der Waals surface area contributed by atoms with Crippen LogP contribution < -0.4 is 0 Å². The number of hydrogen-bond acceptors (Lipinski definition) is 3. The quantitative estimate of drug-likeness (QED) is 0.779. The summed E-state index contributed by atoms with van der Waals surface area (Å²) in [6.45, 7) is 1.37. The van der Waals surface area contributed by atoms with Gasteiger partial charge in [0, 0.05) is 6.20 Å². The van der Waals surface area contributed by atoms with Gasteiger partial charge >= 0.3 is 5.97 Å². The molecule has 0 radical (unpaired) electrons. The van der Waals surface area contributed by atoms with E-state index in [1.165, 1.54) is 4.40 Å². The molecule has 0 bridgehead atoms. The molecule has 3 aromatic rings. The van der Waals surface area contributed by atoms with Gasteiger partial charge in [0.15, 0.2) is 0 Å².